The van der Waals surface area contributed by atoms with Gasteiger partial charge in [0.25, 0.3) is 20.2 Å². The van der Waals surface area contributed by atoms with Gasteiger partial charge in [0.2, 0.25) is 10.0 Å². The number of nitrogens with one attached hydrogen (secondary N) is 1. The Hall–Kier alpha value is -1.73. The first-order chi connectivity index (χ1) is 10.3. The molecule has 126 valence electrons. The van der Waals surface area contributed by atoms with Gasteiger partial charge in [-0.05, 0) is 18.2 Å². The van der Waals surface area contributed by atoms with Crippen molar-refractivity contribution in [1.82, 2.24) is 0 Å². The molecule has 0 unspecified atom stereocenters. The summed E-state index contributed by atoms with van der Waals surface area (Å²) in [4.78, 5) is -1.33. The molecule has 23 heavy (non-hydrogen) atoms. The van der Waals surface area contributed by atoms with Crippen molar-refractivity contribution in [2.45, 2.75) is 9.79 Å². The second-order valence-corrected chi connectivity index (χ2v) is 9.18. The molecule has 0 spiro atoms. The molecule has 0 amide bonds. The monoisotopic (exact) mass is 381 g/mol. The molecule has 12 heteroatoms. The SMILES string of the molecule is CS(=O)(=O)Nc1cc(S(=O)(=O)O)c2cccc(S(=O)(=O)O)c2c1. The number of hydrogen-bond acceptors (Lipinski definition) is 6. The first-order valence-corrected chi connectivity index (χ1v) is 10.6. The normalized spacial score (nSPS) is 13.2. The van der Waals surface area contributed by atoms with E-state index in [0.717, 1.165) is 24.5 Å². The highest BCUT2D eigenvalue weighted by Gasteiger charge is 2.21. The fraction of sp³-hybridized carbons (Fsp3) is 0.0909. The number of anilines is 1. The molecule has 2 aromatic rings. The smallest absolute Gasteiger partial charge is 0.284 e. The van der Waals surface area contributed by atoms with Crippen molar-refractivity contribution in [2.24, 2.45) is 0 Å². The Balaban J connectivity index is 3.00. The van der Waals surface area contributed by atoms with E-state index in [4.69, 9.17) is 0 Å². The Bertz CT molecular complexity index is 1100. The lowest BCUT2D eigenvalue weighted by atomic mass is 10.1. The van der Waals surface area contributed by atoms with Crippen LogP contribution in [0.15, 0.2) is 40.1 Å². The molecule has 0 saturated carbocycles. The van der Waals surface area contributed by atoms with Gasteiger partial charge in [-0.1, -0.05) is 12.1 Å². The summed E-state index contributed by atoms with van der Waals surface area (Å²) < 4.78 is 88.9. The molecule has 3 N–H and O–H groups in total. The summed E-state index contributed by atoms with van der Waals surface area (Å²) in [5.74, 6) is 0. The van der Waals surface area contributed by atoms with Gasteiger partial charge in [0.05, 0.1) is 11.9 Å². The molecule has 0 fully saturated rings. The highest BCUT2D eigenvalue weighted by molar-refractivity contribution is 7.92. The molecule has 0 aromatic heterocycles. The third-order valence-corrected chi connectivity index (χ3v) is 5.19. The largest absolute Gasteiger partial charge is 0.295 e. The van der Waals surface area contributed by atoms with Crippen LogP contribution in [0.3, 0.4) is 0 Å². The van der Waals surface area contributed by atoms with Crippen molar-refractivity contribution in [2.75, 3.05) is 11.0 Å². The minimum absolute atomic E-state index is 0.193. The zero-order valence-corrected chi connectivity index (χ0v) is 13.9. The summed E-state index contributed by atoms with van der Waals surface area (Å²) in [5.41, 5.74) is -0.288. The molecule has 2 aromatic carbocycles. The molecule has 9 nitrogen and oxygen atoms in total. The summed E-state index contributed by atoms with van der Waals surface area (Å²) in [7, 11) is -13.3. The Morgan fingerprint density at radius 3 is 1.87 bits per heavy atom. The van der Waals surface area contributed by atoms with Crippen LogP contribution in [0.4, 0.5) is 5.69 Å². The maximum atomic E-state index is 11.5. The van der Waals surface area contributed by atoms with Crippen LogP contribution in [0, 0.1) is 0 Å². The highest BCUT2D eigenvalue weighted by Crippen LogP contribution is 2.32. The maximum absolute atomic E-state index is 11.5. The van der Waals surface area contributed by atoms with Crippen LogP contribution >= 0.6 is 0 Å². The van der Waals surface area contributed by atoms with Crippen LogP contribution < -0.4 is 4.72 Å². The number of benzene rings is 2. The van der Waals surface area contributed by atoms with E-state index in [1.165, 1.54) is 12.1 Å². The fourth-order valence-corrected chi connectivity index (χ4v) is 4.01. The van der Waals surface area contributed by atoms with E-state index in [1.54, 1.807) is 0 Å². The van der Waals surface area contributed by atoms with Gasteiger partial charge in [0.15, 0.2) is 0 Å². The number of fused-ring (bicyclic) bond motifs is 1. The average Bonchev–Trinajstić information content (AvgIpc) is 2.32. The lowest BCUT2D eigenvalue weighted by molar-refractivity contribution is 0.481. The lowest BCUT2D eigenvalue weighted by Crippen LogP contribution is -2.11. The van der Waals surface area contributed by atoms with E-state index in [2.05, 4.69) is 0 Å². The van der Waals surface area contributed by atoms with Crippen LogP contribution in [-0.4, -0.2) is 40.6 Å². The van der Waals surface area contributed by atoms with Gasteiger partial charge in [-0.3, -0.25) is 13.8 Å². The molecular formula is C11H11NO8S3. The summed E-state index contributed by atoms with van der Waals surface area (Å²) in [6.07, 6.45) is 0.805. The molecule has 0 aliphatic carbocycles. The summed E-state index contributed by atoms with van der Waals surface area (Å²) >= 11 is 0. The fourth-order valence-electron chi connectivity index (χ4n) is 2.04. The molecule has 0 saturated heterocycles. The van der Waals surface area contributed by atoms with Crippen molar-refractivity contribution in [3.05, 3.63) is 30.3 Å². The third kappa shape index (κ3) is 3.97. The first-order valence-electron chi connectivity index (χ1n) is 5.78. The standard InChI is InChI=1S/C11H11NO8S3/c1-21(13,14)12-7-5-9-8(11(6-7)23(18,19)20)3-2-4-10(9)22(15,16)17/h2-6,12H,1H3,(H,15,16,17)(H,18,19,20). The van der Waals surface area contributed by atoms with Crippen LogP contribution in [0.5, 0.6) is 0 Å². The van der Waals surface area contributed by atoms with Gasteiger partial charge < -0.3 is 0 Å². The quantitative estimate of drug-likeness (QED) is 0.654. The van der Waals surface area contributed by atoms with Crippen LogP contribution in [0.25, 0.3) is 10.8 Å². The average molecular weight is 381 g/mol. The van der Waals surface area contributed by atoms with Crippen LogP contribution in [0.2, 0.25) is 0 Å². The summed E-state index contributed by atoms with van der Waals surface area (Å²) in [6, 6.07) is 5.26. The Morgan fingerprint density at radius 1 is 0.826 bits per heavy atom. The van der Waals surface area contributed by atoms with Gasteiger partial charge in [-0.2, -0.15) is 16.8 Å². The van der Waals surface area contributed by atoms with Crippen molar-refractivity contribution in [1.29, 1.82) is 0 Å². The molecule has 0 heterocycles. The Kier molecular flexibility index (Phi) is 4.15. The molecule has 0 radical (unpaired) electrons. The van der Waals surface area contributed by atoms with Gasteiger partial charge >= 0.3 is 0 Å². The Morgan fingerprint density at radius 2 is 1.39 bits per heavy atom. The van der Waals surface area contributed by atoms with E-state index in [9.17, 15) is 34.4 Å². The van der Waals surface area contributed by atoms with Crippen molar-refractivity contribution in [3.8, 4) is 0 Å². The van der Waals surface area contributed by atoms with E-state index >= 15 is 0 Å². The maximum Gasteiger partial charge on any atom is 0.295 e. The van der Waals surface area contributed by atoms with E-state index < -0.39 is 40.1 Å². The highest BCUT2D eigenvalue weighted by atomic mass is 32.2. The van der Waals surface area contributed by atoms with Crippen molar-refractivity contribution < 1.29 is 34.4 Å². The molecule has 0 bridgehead atoms. The molecule has 2 rings (SSSR count). The van der Waals surface area contributed by atoms with Crippen molar-refractivity contribution in [3.63, 3.8) is 0 Å². The first kappa shape index (κ1) is 17.6. The topological polar surface area (TPSA) is 155 Å². The van der Waals surface area contributed by atoms with E-state index in [-0.39, 0.29) is 16.5 Å². The van der Waals surface area contributed by atoms with Crippen LogP contribution in [0.1, 0.15) is 0 Å². The zero-order valence-electron chi connectivity index (χ0n) is 11.5. The van der Waals surface area contributed by atoms with Gasteiger partial charge in [0.1, 0.15) is 9.79 Å². The number of sulfonamides is 1. The summed E-state index contributed by atoms with van der Waals surface area (Å²) in [6.45, 7) is 0. The molecule has 0 atom stereocenters. The van der Waals surface area contributed by atoms with Gasteiger partial charge in [0, 0.05) is 10.8 Å². The number of hydrogen-bond donors (Lipinski definition) is 3. The second kappa shape index (κ2) is 5.42. The molecule has 0 aliphatic heterocycles. The summed E-state index contributed by atoms with van der Waals surface area (Å²) in [5, 5.41) is -0.460. The van der Waals surface area contributed by atoms with E-state index in [0.29, 0.717) is 0 Å². The minimum Gasteiger partial charge on any atom is -0.284 e. The van der Waals surface area contributed by atoms with E-state index in [1.807, 2.05) is 4.72 Å². The predicted molar refractivity (Wildman–Crippen MR) is 82.0 cm³/mol. The number of rotatable bonds is 4. The predicted octanol–water partition coefficient (Wildman–Crippen LogP) is 0.705. The Labute approximate surface area is 132 Å². The lowest BCUT2D eigenvalue weighted by Gasteiger charge is -2.11. The van der Waals surface area contributed by atoms with Crippen LogP contribution in [-0.2, 0) is 30.3 Å². The molecular weight excluding hydrogens is 370 g/mol. The second-order valence-electron chi connectivity index (χ2n) is 4.65. The molecule has 0 aliphatic rings. The third-order valence-electron chi connectivity index (χ3n) is 2.78. The zero-order chi connectivity index (χ0) is 17.6. The van der Waals surface area contributed by atoms with Gasteiger partial charge in [-0.25, -0.2) is 8.42 Å². The van der Waals surface area contributed by atoms with Crippen molar-refractivity contribution >= 4 is 46.7 Å². The van der Waals surface area contributed by atoms with Gasteiger partial charge in [-0.15, -0.1) is 0 Å². The minimum atomic E-state index is -4.78.